The first-order chi connectivity index (χ1) is 6.69. The summed E-state index contributed by atoms with van der Waals surface area (Å²) in [4.78, 5) is 11.7. The Kier molecular flexibility index (Phi) is 4.35. The van der Waals surface area contributed by atoms with Gasteiger partial charge in [0.15, 0.2) is 0 Å². The minimum Gasteiger partial charge on any atom is -0.317 e. The van der Waals surface area contributed by atoms with E-state index in [1.165, 1.54) is 6.42 Å². The number of carbonyl (C=O) groups excluding carboxylic acids is 1. The molecule has 0 aliphatic heterocycles. The maximum absolute atomic E-state index is 11.7. The van der Waals surface area contributed by atoms with Crippen LogP contribution in [0.15, 0.2) is 0 Å². The Hall–Kier alpha value is -0.610. The van der Waals surface area contributed by atoms with Gasteiger partial charge in [0.25, 0.3) is 5.91 Å². The van der Waals surface area contributed by atoms with Crippen LogP contribution in [0.3, 0.4) is 0 Å². The van der Waals surface area contributed by atoms with E-state index in [1.54, 1.807) is 0 Å². The fourth-order valence-corrected chi connectivity index (χ4v) is 1.80. The Morgan fingerprint density at radius 2 is 2.00 bits per heavy atom. The second-order valence-electron chi connectivity index (χ2n) is 4.10. The lowest BCUT2D eigenvalue weighted by molar-refractivity contribution is -0.128. The van der Waals surface area contributed by atoms with Crippen molar-refractivity contribution in [2.75, 3.05) is 6.54 Å². The number of hydrogen-bond acceptors (Lipinski definition) is 3. The molecule has 1 aliphatic rings. The first-order valence-corrected chi connectivity index (χ1v) is 5.51. The molecule has 0 aromatic rings. The lowest BCUT2D eigenvalue weighted by atomic mass is 9.82. The zero-order valence-corrected chi connectivity index (χ0v) is 8.94. The Labute approximate surface area is 85.6 Å². The highest BCUT2D eigenvalue weighted by Crippen LogP contribution is 2.25. The lowest BCUT2D eigenvalue weighted by Gasteiger charge is -2.31. The standard InChI is InChI=1S/C10H21N3O/c1-2-8-12-13-9(14)10(11)6-4-3-5-7-10/h12H,2-8,11H2,1H3,(H,13,14). The van der Waals surface area contributed by atoms with Crippen LogP contribution in [0.4, 0.5) is 0 Å². The molecule has 4 nitrogen and oxygen atoms in total. The molecule has 0 radical (unpaired) electrons. The van der Waals surface area contributed by atoms with Gasteiger partial charge in [0, 0.05) is 6.54 Å². The van der Waals surface area contributed by atoms with Crippen molar-refractivity contribution in [1.29, 1.82) is 0 Å². The third kappa shape index (κ3) is 2.96. The summed E-state index contributed by atoms with van der Waals surface area (Å²) in [6.07, 6.45) is 5.96. The number of nitrogens with one attached hydrogen (secondary N) is 2. The van der Waals surface area contributed by atoms with E-state index in [1.807, 2.05) is 0 Å². The molecule has 0 spiro atoms. The first-order valence-electron chi connectivity index (χ1n) is 5.51. The molecule has 1 saturated carbocycles. The highest BCUT2D eigenvalue weighted by atomic mass is 16.2. The first kappa shape index (κ1) is 11.5. The number of rotatable bonds is 4. The lowest BCUT2D eigenvalue weighted by Crippen LogP contribution is -2.58. The number of nitrogens with two attached hydrogens (primary N) is 1. The molecule has 4 heteroatoms. The highest BCUT2D eigenvalue weighted by Gasteiger charge is 2.34. The Bertz CT molecular complexity index is 188. The minimum absolute atomic E-state index is 0.0503. The zero-order chi connectivity index (χ0) is 10.4. The van der Waals surface area contributed by atoms with Gasteiger partial charge in [-0.25, -0.2) is 5.43 Å². The Morgan fingerprint density at radius 3 is 2.57 bits per heavy atom. The summed E-state index contributed by atoms with van der Waals surface area (Å²) in [5, 5.41) is 0. The molecule has 0 aromatic heterocycles. The van der Waals surface area contributed by atoms with Gasteiger partial charge in [-0.2, -0.15) is 0 Å². The Morgan fingerprint density at radius 1 is 1.36 bits per heavy atom. The van der Waals surface area contributed by atoms with E-state index < -0.39 is 5.54 Å². The topological polar surface area (TPSA) is 67.1 Å². The van der Waals surface area contributed by atoms with Crippen molar-refractivity contribution >= 4 is 5.91 Å². The molecule has 0 bridgehead atoms. The fourth-order valence-electron chi connectivity index (χ4n) is 1.80. The minimum atomic E-state index is -0.626. The van der Waals surface area contributed by atoms with Gasteiger partial charge in [-0.15, -0.1) is 0 Å². The maximum atomic E-state index is 11.7. The molecular formula is C10H21N3O. The van der Waals surface area contributed by atoms with Gasteiger partial charge in [-0.1, -0.05) is 26.2 Å². The van der Waals surface area contributed by atoms with Crippen LogP contribution in [0.1, 0.15) is 45.4 Å². The number of hydrazine groups is 1. The molecule has 1 fully saturated rings. The van der Waals surface area contributed by atoms with Crippen molar-refractivity contribution in [3.8, 4) is 0 Å². The fraction of sp³-hybridized carbons (Fsp3) is 0.900. The molecule has 1 amide bonds. The maximum Gasteiger partial charge on any atom is 0.254 e. The summed E-state index contributed by atoms with van der Waals surface area (Å²) in [6.45, 7) is 2.85. The van der Waals surface area contributed by atoms with Crippen LogP contribution in [0, 0.1) is 0 Å². The number of hydrogen-bond donors (Lipinski definition) is 3. The van der Waals surface area contributed by atoms with Crippen molar-refractivity contribution in [3.05, 3.63) is 0 Å². The van der Waals surface area contributed by atoms with E-state index in [0.29, 0.717) is 0 Å². The van der Waals surface area contributed by atoms with Gasteiger partial charge in [-0.05, 0) is 19.3 Å². The second-order valence-corrected chi connectivity index (χ2v) is 4.10. The van der Waals surface area contributed by atoms with Gasteiger partial charge in [0.1, 0.15) is 0 Å². The smallest absolute Gasteiger partial charge is 0.254 e. The van der Waals surface area contributed by atoms with Crippen LogP contribution in [-0.2, 0) is 4.79 Å². The predicted octanol–water partition coefficient (Wildman–Crippen LogP) is 0.679. The van der Waals surface area contributed by atoms with Crippen molar-refractivity contribution in [3.63, 3.8) is 0 Å². The predicted molar refractivity (Wildman–Crippen MR) is 56.4 cm³/mol. The third-order valence-corrected chi connectivity index (χ3v) is 2.77. The highest BCUT2D eigenvalue weighted by molar-refractivity contribution is 5.85. The van der Waals surface area contributed by atoms with E-state index in [9.17, 15) is 4.79 Å². The van der Waals surface area contributed by atoms with E-state index in [-0.39, 0.29) is 5.91 Å². The molecule has 82 valence electrons. The quantitative estimate of drug-likeness (QED) is 0.461. The van der Waals surface area contributed by atoms with E-state index in [2.05, 4.69) is 17.8 Å². The van der Waals surface area contributed by atoms with Crippen LogP contribution in [0.5, 0.6) is 0 Å². The van der Waals surface area contributed by atoms with Gasteiger partial charge in [0.2, 0.25) is 0 Å². The van der Waals surface area contributed by atoms with Crippen molar-refractivity contribution in [2.45, 2.75) is 51.0 Å². The van der Waals surface area contributed by atoms with Gasteiger partial charge in [-0.3, -0.25) is 10.2 Å². The molecule has 4 N–H and O–H groups in total. The normalized spacial score (nSPS) is 20.4. The molecule has 1 aliphatic carbocycles. The summed E-state index contributed by atoms with van der Waals surface area (Å²) in [5.74, 6) is -0.0503. The van der Waals surface area contributed by atoms with Crippen LogP contribution >= 0.6 is 0 Å². The third-order valence-electron chi connectivity index (χ3n) is 2.77. The molecule has 0 unspecified atom stereocenters. The molecule has 0 heterocycles. The molecule has 0 saturated heterocycles. The summed E-state index contributed by atoms with van der Waals surface area (Å²) in [6, 6.07) is 0. The number of carbonyl (C=O) groups is 1. The van der Waals surface area contributed by atoms with Crippen LogP contribution < -0.4 is 16.6 Å². The van der Waals surface area contributed by atoms with Crippen molar-refractivity contribution < 1.29 is 4.79 Å². The van der Waals surface area contributed by atoms with Crippen LogP contribution in [-0.4, -0.2) is 18.0 Å². The van der Waals surface area contributed by atoms with E-state index in [4.69, 9.17) is 5.73 Å². The van der Waals surface area contributed by atoms with Crippen molar-refractivity contribution in [2.24, 2.45) is 5.73 Å². The summed E-state index contributed by atoms with van der Waals surface area (Å²) < 4.78 is 0. The number of amides is 1. The van der Waals surface area contributed by atoms with Gasteiger partial charge >= 0.3 is 0 Å². The SMILES string of the molecule is CCCNNC(=O)C1(N)CCCCC1. The molecular weight excluding hydrogens is 178 g/mol. The van der Waals surface area contributed by atoms with E-state index in [0.717, 1.165) is 38.6 Å². The van der Waals surface area contributed by atoms with Crippen molar-refractivity contribution in [1.82, 2.24) is 10.9 Å². The van der Waals surface area contributed by atoms with Crippen LogP contribution in [0.2, 0.25) is 0 Å². The van der Waals surface area contributed by atoms with E-state index >= 15 is 0 Å². The average molecular weight is 199 g/mol. The largest absolute Gasteiger partial charge is 0.317 e. The second kappa shape index (κ2) is 5.32. The monoisotopic (exact) mass is 199 g/mol. The molecule has 0 aromatic carbocycles. The van der Waals surface area contributed by atoms with Gasteiger partial charge < -0.3 is 5.73 Å². The van der Waals surface area contributed by atoms with Crippen LogP contribution in [0.25, 0.3) is 0 Å². The van der Waals surface area contributed by atoms with Gasteiger partial charge in [0.05, 0.1) is 5.54 Å². The molecule has 1 rings (SSSR count). The molecule has 14 heavy (non-hydrogen) atoms. The zero-order valence-electron chi connectivity index (χ0n) is 8.94. The summed E-state index contributed by atoms with van der Waals surface area (Å²) in [5.41, 5.74) is 11.0. The Balaban J connectivity index is 2.33. The molecule has 0 atom stereocenters. The summed E-state index contributed by atoms with van der Waals surface area (Å²) in [7, 11) is 0. The average Bonchev–Trinajstić information content (AvgIpc) is 2.19. The summed E-state index contributed by atoms with van der Waals surface area (Å²) >= 11 is 0.